The minimum atomic E-state index is -7.02. The molecule has 0 aromatic carbocycles. The Bertz CT molecular complexity index is 869. The van der Waals surface area contributed by atoms with Crippen molar-refractivity contribution in [2.24, 2.45) is 10.8 Å². The number of hydrogen-bond donors (Lipinski definition) is 0. The van der Waals surface area contributed by atoms with Crippen molar-refractivity contribution in [2.75, 3.05) is 0 Å². The van der Waals surface area contributed by atoms with Crippen molar-refractivity contribution in [3.8, 4) is 6.07 Å². The number of rotatable bonds is 10. The van der Waals surface area contributed by atoms with Gasteiger partial charge in [-0.05, 0) is 33.1 Å². The fourth-order valence-electron chi connectivity index (χ4n) is 2.94. The lowest BCUT2D eigenvalue weighted by atomic mass is 9.64. The van der Waals surface area contributed by atoms with Crippen LogP contribution < -0.4 is 0 Å². The number of hydrogen-bond acceptors (Lipinski definition) is 3. The van der Waals surface area contributed by atoms with E-state index in [0.29, 0.717) is 0 Å². The smallest absolute Gasteiger partial charge is 0.328 e. The maximum Gasteiger partial charge on any atom is 0.455 e. The first-order valence-electron chi connectivity index (χ1n) is 10.3. The van der Waals surface area contributed by atoms with E-state index in [1.165, 1.54) is 0 Å². The van der Waals surface area contributed by atoms with E-state index in [1.54, 1.807) is 0 Å². The number of halogens is 13. The van der Waals surface area contributed by atoms with Gasteiger partial charge in [-0.2, -0.15) is 49.2 Å². The van der Waals surface area contributed by atoms with E-state index >= 15 is 17.6 Å². The first kappa shape index (κ1) is 35.5. The molecule has 220 valence electrons. The number of alkyl halides is 13. The van der Waals surface area contributed by atoms with Crippen LogP contribution in [0.15, 0.2) is 0 Å². The Morgan fingerprint density at radius 2 is 0.946 bits per heavy atom. The van der Waals surface area contributed by atoms with Crippen molar-refractivity contribution in [3.63, 3.8) is 0 Å². The molecule has 0 aliphatic carbocycles. The van der Waals surface area contributed by atoms with Gasteiger partial charge in [0.1, 0.15) is 17.3 Å². The normalized spacial score (nSPS) is 18.9. The number of nitrogens with zero attached hydrogens (tertiary/aromatic N) is 1. The van der Waals surface area contributed by atoms with Gasteiger partial charge in [0.2, 0.25) is 0 Å². The van der Waals surface area contributed by atoms with Gasteiger partial charge in [0, 0.05) is 5.41 Å². The van der Waals surface area contributed by atoms with Crippen LogP contribution in [-0.2, 0) is 9.47 Å². The third-order valence-electron chi connectivity index (χ3n) is 6.62. The molecule has 2 atom stereocenters. The second-order valence-electron chi connectivity index (χ2n) is 11.0. The Morgan fingerprint density at radius 3 is 1.22 bits per heavy atom. The first-order chi connectivity index (χ1) is 15.7. The summed E-state index contributed by atoms with van der Waals surface area (Å²) in [4.78, 5) is 0. The largest absolute Gasteiger partial charge is 0.455 e. The van der Waals surface area contributed by atoms with E-state index in [9.17, 15) is 39.5 Å². The highest BCUT2D eigenvalue weighted by molar-refractivity contribution is 5.12. The van der Waals surface area contributed by atoms with E-state index < -0.39 is 64.1 Å². The zero-order chi connectivity index (χ0) is 30.7. The lowest BCUT2D eigenvalue weighted by molar-refractivity contribution is -0.473. The summed E-state index contributed by atoms with van der Waals surface area (Å²) in [5.41, 5.74) is -12.8. The molecule has 3 nitrogen and oxygen atoms in total. The van der Waals surface area contributed by atoms with Gasteiger partial charge in [-0.1, -0.05) is 34.6 Å². The van der Waals surface area contributed by atoms with Crippen LogP contribution in [0.4, 0.5) is 57.1 Å². The van der Waals surface area contributed by atoms with Gasteiger partial charge in [0.15, 0.2) is 0 Å². The summed E-state index contributed by atoms with van der Waals surface area (Å²) in [6.45, 7) is 3.96. The summed E-state index contributed by atoms with van der Waals surface area (Å²) < 4.78 is 193. The Labute approximate surface area is 205 Å². The number of ether oxygens (including phenoxy) is 2. The molecule has 0 N–H and O–H groups in total. The van der Waals surface area contributed by atoms with E-state index in [0.717, 1.165) is 34.6 Å². The van der Waals surface area contributed by atoms with Crippen LogP contribution in [0.1, 0.15) is 62.3 Å². The molecule has 0 saturated heterocycles. The molecule has 0 spiro atoms. The molecular formula is C21H28F13NO2. The molecule has 0 aromatic heterocycles. The zero-order valence-corrected chi connectivity index (χ0v) is 21.3. The summed E-state index contributed by atoms with van der Waals surface area (Å²) in [6, 6.07) is -0.257. The Balaban J connectivity index is 7.10. The highest BCUT2D eigenvalue weighted by Gasteiger charge is 2.82. The zero-order valence-electron chi connectivity index (χ0n) is 21.3. The van der Waals surface area contributed by atoms with Crippen molar-refractivity contribution in [1.82, 2.24) is 0 Å². The minimum absolute atomic E-state index is 0.152. The summed E-state index contributed by atoms with van der Waals surface area (Å²) in [5, 5.41) is 8.23. The summed E-state index contributed by atoms with van der Waals surface area (Å²) in [6.07, 6.45) is -11.3. The Kier molecular flexibility index (Phi) is 8.93. The molecule has 0 aliphatic heterocycles. The van der Waals surface area contributed by atoms with Gasteiger partial charge >= 0.3 is 29.8 Å². The molecule has 0 fully saturated rings. The highest BCUT2D eigenvalue weighted by atomic mass is 19.4. The third kappa shape index (κ3) is 5.35. The Hall–Kier alpha value is -1.50. The predicted molar refractivity (Wildman–Crippen MR) is 104 cm³/mol. The minimum Gasteiger partial charge on any atom is -0.328 e. The van der Waals surface area contributed by atoms with Crippen molar-refractivity contribution in [1.29, 1.82) is 5.26 Å². The Morgan fingerprint density at radius 1 is 0.595 bits per heavy atom. The van der Waals surface area contributed by atoms with E-state index in [-0.39, 0.29) is 33.8 Å². The van der Waals surface area contributed by atoms with E-state index in [4.69, 9.17) is 5.26 Å². The van der Waals surface area contributed by atoms with Crippen LogP contribution >= 0.6 is 0 Å². The first-order valence-corrected chi connectivity index (χ1v) is 10.3. The molecule has 16 heteroatoms. The van der Waals surface area contributed by atoms with Gasteiger partial charge in [0.05, 0.1) is 0 Å². The molecular weight excluding hydrogens is 545 g/mol. The molecule has 0 aromatic rings. The third-order valence-corrected chi connectivity index (χ3v) is 6.62. The quantitative estimate of drug-likeness (QED) is 0.247. The molecule has 37 heavy (non-hydrogen) atoms. The fourth-order valence-corrected chi connectivity index (χ4v) is 2.94. The van der Waals surface area contributed by atoms with Crippen LogP contribution in [-0.4, -0.2) is 53.3 Å². The second-order valence-corrected chi connectivity index (χ2v) is 11.0. The topological polar surface area (TPSA) is 42.2 Å². The van der Waals surface area contributed by atoms with E-state index in [2.05, 4.69) is 9.47 Å². The molecule has 0 aliphatic rings. The van der Waals surface area contributed by atoms with Crippen molar-refractivity contribution in [3.05, 3.63) is 0 Å². The van der Waals surface area contributed by atoms with Gasteiger partial charge in [0.25, 0.3) is 12.3 Å². The maximum absolute atomic E-state index is 15.6. The second kappa shape index (κ2) is 9.31. The fraction of sp³-hybridized carbons (Fsp3) is 0.952. The highest BCUT2D eigenvalue weighted by Crippen LogP contribution is 2.59. The number of nitriles is 1. The molecule has 0 rings (SSSR count). The van der Waals surface area contributed by atoms with Crippen LogP contribution in [0.25, 0.3) is 0 Å². The maximum atomic E-state index is 15.6. The van der Waals surface area contributed by atoms with Crippen LogP contribution in [0.5, 0.6) is 0 Å². The molecule has 0 saturated carbocycles. The summed E-state index contributed by atoms with van der Waals surface area (Å²) in [5.74, 6) is -29.4. The van der Waals surface area contributed by atoms with Gasteiger partial charge in [-0.3, -0.25) is 0 Å². The van der Waals surface area contributed by atoms with Crippen molar-refractivity contribution < 1.29 is 66.5 Å². The van der Waals surface area contributed by atoms with Crippen molar-refractivity contribution in [2.45, 2.75) is 116 Å². The molecule has 0 bridgehead atoms. The molecule has 0 amide bonds. The van der Waals surface area contributed by atoms with Gasteiger partial charge < -0.3 is 9.47 Å². The van der Waals surface area contributed by atoms with Crippen LogP contribution in [0, 0.1) is 22.2 Å². The van der Waals surface area contributed by atoms with Gasteiger partial charge in [-0.25, -0.2) is 13.2 Å². The molecule has 0 heterocycles. The summed E-state index contributed by atoms with van der Waals surface area (Å²) >= 11 is 0. The SMILES string of the molecule is CC(C)(C)C(C)(C)C(F)(OC(C)(C)C(F)(F)C(F)(OC(C)(C)C(F)(F)C(F)(F)C#N)C(F)(F)F)C(F)F. The lowest BCUT2D eigenvalue weighted by Crippen LogP contribution is -2.72. The predicted octanol–water partition coefficient (Wildman–Crippen LogP) is 8.24. The van der Waals surface area contributed by atoms with E-state index in [1.807, 2.05) is 0 Å². The van der Waals surface area contributed by atoms with Crippen molar-refractivity contribution >= 4 is 0 Å². The summed E-state index contributed by atoms with van der Waals surface area (Å²) in [7, 11) is 0. The molecule has 0 radical (unpaired) electrons. The van der Waals surface area contributed by atoms with Gasteiger partial charge in [-0.15, -0.1) is 0 Å². The average molecular weight is 573 g/mol. The molecule has 2 unspecified atom stereocenters. The monoisotopic (exact) mass is 573 g/mol. The lowest BCUT2D eigenvalue weighted by Gasteiger charge is -2.53. The van der Waals surface area contributed by atoms with Crippen LogP contribution in [0.3, 0.4) is 0 Å². The standard InChI is InChI=1S/C21H28F13NO2/c1-12(2,3)13(4,5)17(26,11(22)23)36-15(8,9)19(29,30)20(31,21(32,33)34)37-14(6,7)18(27,28)16(24,25)10-35/h11H,1-9H3. The van der Waals surface area contributed by atoms with Crippen LogP contribution in [0.2, 0.25) is 0 Å². The average Bonchev–Trinajstić information content (AvgIpc) is 2.64.